The van der Waals surface area contributed by atoms with Crippen molar-refractivity contribution in [3.8, 4) is 0 Å². The summed E-state index contributed by atoms with van der Waals surface area (Å²) in [6.07, 6.45) is 1.70. The molecule has 0 aliphatic carbocycles. The van der Waals surface area contributed by atoms with Gasteiger partial charge in [0.2, 0.25) is 0 Å². The summed E-state index contributed by atoms with van der Waals surface area (Å²) in [6, 6.07) is 9.99. The van der Waals surface area contributed by atoms with Crippen LogP contribution in [0.4, 0.5) is 11.4 Å². The Labute approximate surface area is 102 Å². The average molecular weight is 247 g/mol. The van der Waals surface area contributed by atoms with Crippen LogP contribution in [0.2, 0.25) is 0 Å². The molecule has 0 atom stereocenters. The summed E-state index contributed by atoms with van der Waals surface area (Å²) in [5, 5.41) is 16.4. The smallest absolute Gasteiger partial charge is 0.269 e. The van der Waals surface area contributed by atoms with Gasteiger partial charge in [-0.15, -0.1) is 11.3 Å². The molecular weight excluding hydrogens is 238 g/mol. The Hall–Kier alpha value is -2.21. The van der Waals surface area contributed by atoms with Crippen molar-refractivity contribution in [2.45, 2.75) is 0 Å². The van der Waals surface area contributed by atoms with Crippen molar-refractivity contribution in [2.75, 3.05) is 5.43 Å². The van der Waals surface area contributed by atoms with Gasteiger partial charge in [0.1, 0.15) is 0 Å². The fourth-order valence-corrected chi connectivity index (χ4v) is 1.78. The normalized spacial score (nSPS) is 10.6. The third-order valence-electron chi connectivity index (χ3n) is 2.01. The maximum absolute atomic E-state index is 10.4. The first kappa shape index (κ1) is 11.3. The van der Waals surface area contributed by atoms with Gasteiger partial charge in [-0.25, -0.2) is 0 Å². The minimum atomic E-state index is -0.432. The fourth-order valence-electron chi connectivity index (χ4n) is 1.19. The van der Waals surface area contributed by atoms with Crippen LogP contribution in [0.25, 0.3) is 0 Å². The van der Waals surface area contributed by atoms with E-state index in [1.165, 1.54) is 12.1 Å². The minimum absolute atomic E-state index is 0.0674. The van der Waals surface area contributed by atoms with Gasteiger partial charge in [-0.1, -0.05) is 6.07 Å². The number of non-ortho nitro benzene ring substituents is 1. The lowest BCUT2D eigenvalue weighted by Gasteiger charge is -1.98. The number of rotatable bonds is 4. The molecule has 5 nitrogen and oxygen atoms in total. The van der Waals surface area contributed by atoms with Crippen LogP contribution in [0, 0.1) is 10.1 Å². The molecule has 0 saturated heterocycles. The lowest BCUT2D eigenvalue weighted by Crippen LogP contribution is -1.91. The second-order valence-corrected chi connectivity index (χ2v) is 4.17. The predicted molar refractivity (Wildman–Crippen MR) is 68.6 cm³/mol. The summed E-state index contributed by atoms with van der Waals surface area (Å²) >= 11 is 1.59. The number of hydrogen-bond donors (Lipinski definition) is 1. The zero-order valence-electron chi connectivity index (χ0n) is 8.74. The second kappa shape index (κ2) is 5.22. The third-order valence-corrected chi connectivity index (χ3v) is 2.81. The molecule has 86 valence electrons. The Kier molecular flexibility index (Phi) is 3.46. The van der Waals surface area contributed by atoms with Crippen LogP contribution in [-0.4, -0.2) is 11.1 Å². The molecule has 0 unspecified atom stereocenters. The van der Waals surface area contributed by atoms with Crippen molar-refractivity contribution in [1.29, 1.82) is 0 Å². The molecule has 0 radical (unpaired) electrons. The van der Waals surface area contributed by atoms with E-state index in [1.807, 2.05) is 17.5 Å². The van der Waals surface area contributed by atoms with E-state index in [2.05, 4.69) is 10.5 Å². The van der Waals surface area contributed by atoms with Crippen molar-refractivity contribution in [2.24, 2.45) is 5.10 Å². The van der Waals surface area contributed by atoms with Gasteiger partial charge < -0.3 is 0 Å². The number of thiophene rings is 1. The molecule has 0 fully saturated rings. The summed E-state index contributed by atoms with van der Waals surface area (Å²) < 4.78 is 0. The predicted octanol–water partition coefficient (Wildman–Crippen LogP) is 3.10. The number of hydrogen-bond acceptors (Lipinski definition) is 5. The van der Waals surface area contributed by atoms with Crippen LogP contribution < -0.4 is 5.43 Å². The molecule has 0 aliphatic heterocycles. The zero-order chi connectivity index (χ0) is 12.1. The summed E-state index contributed by atoms with van der Waals surface area (Å²) in [6.45, 7) is 0. The van der Waals surface area contributed by atoms with Gasteiger partial charge in [0.25, 0.3) is 5.69 Å². The molecule has 0 saturated carbocycles. The second-order valence-electron chi connectivity index (χ2n) is 3.19. The molecule has 17 heavy (non-hydrogen) atoms. The molecule has 0 spiro atoms. The Bertz CT molecular complexity index is 520. The topological polar surface area (TPSA) is 67.5 Å². The molecule has 6 heteroatoms. The number of nitrogens with one attached hydrogen (secondary N) is 1. The van der Waals surface area contributed by atoms with Gasteiger partial charge in [-0.05, 0) is 23.6 Å². The first-order valence-corrected chi connectivity index (χ1v) is 5.71. The van der Waals surface area contributed by atoms with Crippen LogP contribution in [0.1, 0.15) is 4.88 Å². The molecule has 2 rings (SSSR count). The van der Waals surface area contributed by atoms with Gasteiger partial charge in [0, 0.05) is 17.0 Å². The van der Waals surface area contributed by atoms with Gasteiger partial charge in [-0.2, -0.15) is 5.10 Å². The molecule has 1 heterocycles. The van der Waals surface area contributed by atoms with Gasteiger partial charge in [0.15, 0.2) is 0 Å². The highest BCUT2D eigenvalue weighted by molar-refractivity contribution is 7.11. The summed E-state index contributed by atoms with van der Waals surface area (Å²) in [5.41, 5.74) is 3.58. The van der Waals surface area contributed by atoms with Crippen molar-refractivity contribution in [1.82, 2.24) is 0 Å². The minimum Gasteiger partial charge on any atom is -0.278 e. The summed E-state index contributed by atoms with van der Waals surface area (Å²) in [5.74, 6) is 0. The van der Waals surface area contributed by atoms with E-state index in [1.54, 1.807) is 29.7 Å². The number of benzene rings is 1. The molecule has 0 aliphatic rings. The highest BCUT2D eigenvalue weighted by Crippen LogP contribution is 2.15. The SMILES string of the molecule is O=[N+]([O-])c1ccc(N/N=C\c2cccs2)cc1. The molecule has 1 N–H and O–H groups in total. The Morgan fingerprint density at radius 2 is 2.06 bits per heavy atom. The summed E-state index contributed by atoms with van der Waals surface area (Å²) in [4.78, 5) is 11.0. The van der Waals surface area contributed by atoms with E-state index in [4.69, 9.17) is 0 Å². The van der Waals surface area contributed by atoms with Crippen molar-refractivity contribution in [3.63, 3.8) is 0 Å². The average Bonchev–Trinajstić information content (AvgIpc) is 2.83. The van der Waals surface area contributed by atoms with E-state index < -0.39 is 4.92 Å². The molecule has 0 bridgehead atoms. The number of anilines is 1. The van der Waals surface area contributed by atoms with Crippen LogP contribution in [0.15, 0.2) is 46.9 Å². The van der Waals surface area contributed by atoms with Crippen molar-refractivity contribution in [3.05, 3.63) is 56.8 Å². The highest BCUT2D eigenvalue weighted by Gasteiger charge is 2.02. The van der Waals surface area contributed by atoms with Gasteiger partial charge in [0.05, 0.1) is 16.8 Å². The largest absolute Gasteiger partial charge is 0.278 e. The third kappa shape index (κ3) is 3.12. The number of hydrazone groups is 1. The standard InChI is InChI=1S/C11H9N3O2S/c15-14(16)10-5-3-9(4-6-10)13-12-8-11-2-1-7-17-11/h1-8,13H/b12-8-. The van der Waals surface area contributed by atoms with Crippen molar-refractivity contribution < 1.29 is 4.92 Å². The van der Waals surface area contributed by atoms with E-state index in [0.29, 0.717) is 5.69 Å². The molecular formula is C11H9N3O2S. The first-order chi connectivity index (χ1) is 8.25. The Morgan fingerprint density at radius 3 is 2.65 bits per heavy atom. The zero-order valence-corrected chi connectivity index (χ0v) is 9.55. The maximum Gasteiger partial charge on any atom is 0.269 e. The Balaban J connectivity index is 1.97. The first-order valence-electron chi connectivity index (χ1n) is 4.83. The number of nitro benzene ring substituents is 1. The van der Waals surface area contributed by atoms with Crippen molar-refractivity contribution >= 4 is 28.9 Å². The van der Waals surface area contributed by atoms with Crippen LogP contribution >= 0.6 is 11.3 Å². The molecule has 1 aromatic heterocycles. The highest BCUT2D eigenvalue weighted by atomic mass is 32.1. The van der Waals surface area contributed by atoms with Gasteiger partial charge >= 0.3 is 0 Å². The monoisotopic (exact) mass is 247 g/mol. The van der Waals surface area contributed by atoms with E-state index in [9.17, 15) is 10.1 Å². The van der Waals surface area contributed by atoms with Crippen LogP contribution in [0.3, 0.4) is 0 Å². The lowest BCUT2D eigenvalue weighted by molar-refractivity contribution is -0.384. The van der Waals surface area contributed by atoms with Gasteiger partial charge in [-0.3, -0.25) is 15.5 Å². The van der Waals surface area contributed by atoms with Crippen LogP contribution in [-0.2, 0) is 0 Å². The molecule has 2 aromatic rings. The quantitative estimate of drug-likeness (QED) is 0.512. The van der Waals surface area contributed by atoms with Crippen LogP contribution in [0.5, 0.6) is 0 Å². The fraction of sp³-hybridized carbons (Fsp3) is 0. The molecule has 1 aromatic carbocycles. The van der Waals surface area contributed by atoms with E-state index in [-0.39, 0.29) is 5.69 Å². The lowest BCUT2D eigenvalue weighted by atomic mass is 10.3. The molecule has 0 amide bonds. The number of nitro groups is 1. The summed E-state index contributed by atoms with van der Waals surface area (Å²) in [7, 11) is 0. The maximum atomic E-state index is 10.4. The number of nitrogens with zero attached hydrogens (tertiary/aromatic N) is 2. The Morgan fingerprint density at radius 1 is 1.29 bits per heavy atom. The van der Waals surface area contributed by atoms with E-state index in [0.717, 1.165) is 4.88 Å². The van der Waals surface area contributed by atoms with E-state index >= 15 is 0 Å².